The van der Waals surface area contributed by atoms with Crippen LogP contribution in [0.4, 0.5) is 0 Å². The van der Waals surface area contributed by atoms with E-state index in [9.17, 15) is 5.26 Å². The highest BCUT2D eigenvalue weighted by Crippen LogP contribution is 2.48. The van der Waals surface area contributed by atoms with Crippen molar-refractivity contribution < 1.29 is 9.15 Å². The molecule has 166 valence electrons. The van der Waals surface area contributed by atoms with Crippen LogP contribution in [-0.4, -0.2) is 19.3 Å². The van der Waals surface area contributed by atoms with Crippen molar-refractivity contribution >= 4 is 11.0 Å². The molecule has 2 N–H and O–H groups in total. The maximum atomic E-state index is 10.0. The van der Waals surface area contributed by atoms with Crippen molar-refractivity contribution in [1.82, 2.24) is 19.3 Å². The zero-order valence-corrected chi connectivity index (χ0v) is 18.6. The smallest absolute Gasteiger partial charge is 0.224 e. The van der Waals surface area contributed by atoms with Crippen molar-refractivity contribution in [3.05, 3.63) is 95.4 Å². The van der Waals surface area contributed by atoms with Crippen LogP contribution >= 0.6 is 0 Å². The predicted octanol–water partition coefficient (Wildman–Crippen LogP) is 4.55. The fourth-order valence-electron chi connectivity index (χ4n) is 4.62. The van der Waals surface area contributed by atoms with Crippen LogP contribution in [0.5, 0.6) is 5.88 Å². The number of nitriles is 1. The summed E-state index contributed by atoms with van der Waals surface area (Å²) in [5, 5.41) is 15.8. The van der Waals surface area contributed by atoms with Crippen LogP contribution in [-0.2, 0) is 7.05 Å². The van der Waals surface area contributed by atoms with E-state index in [0.717, 1.165) is 33.3 Å². The molecule has 0 bridgehead atoms. The lowest BCUT2D eigenvalue weighted by molar-refractivity contribution is 0.358. The number of nitrogens with zero attached hydrogens (tertiary/aromatic N) is 5. The summed E-state index contributed by atoms with van der Waals surface area (Å²) in [5.74, 6) is 0.769. The van der Waals surface area contributed by atoms with Gasteiger partial charge in [0, 0.05) is 36.1 Å². The summed E-state index contributed by atoms with van der Waals surface area (Å²) in [6, 6.07) is 18.1. The van der Waals surface area contributed by atoms with Gasteiger partial charge in [0.1, 0.15) is 22.9 Å². The number of fused-ring (bicyclic) bond motifs is 2. The van der Waals surface area contributed by atoms with Gasteiger partial charge >= 0.3 is 0 Å². The number of rotatable bonds is 3. The quantitative estimate of drug-likeness (QED) is 0.434. The molecule has 1 aliphatic rings. The third-order valence-corrected chi connectivity index (χ3v) is 6.29. The van der Waals surface area contributed by atoms with Crippen molar-refractivity contribution in [3.63, 3.8) is 0 Å². The zero-order valence-electron chi connectivity index (χ0n) is 18.6. The van der Waals surface area contributed by atoms with Crippen LogP contribution in [0.2, 0.25) is 0 Å². The van der Waals surface area contributed by atoms with Gasteiger partial charge in [0.15, 0.2) is 5.76 Å². The molecule has 1 atom stereocenters. The molecule has 4 heterocycles. The largest absolute Gasteiger partial charge is 0.454 e. The Morgan fingerprint density at radius 1 is 1.12 bits per heavy atom. The van der Waals surface area contributed by atoms with Gasteiger partial charge in [-0.3, -0.25) is 0 Å². The lowest BCUT2D eigenvalue weighted by Gasteiger charge is -2.24. The van der Waals surface area contributed by atoms with Crippen LogP contribution in [0.15, 0.2) is 83.1 Å². The molecule has 0 saturated heterocycles. The zero-order chi connectivity index (χ0) is 23.4. The fourth-order valence-corrected chi connectivity index (χ4v) is 4.62. The number of furan rings is 1. The fraction of sp³-hybridized carbons (Fsp3) is 0.115. The van der Waals surface area contributed by atoms with Crippen LogP contribution in [0.25, 0.3) is 28.1 Å². The van der Waals surface area contributed by atoms with E-state index in [0.29, 0.717) is 22.9 Å². The summed E-state index contributed by atoms with van der Waals surface area (Å²) < 4.78 is 15.7. The van der Waals surface area contributed by atoms with Crippen molar-refractivity contribution in [2.75, 3.05) is 0 Å². The van der Waals surface area contributed by atoms with Gasteiger partial charge in [-0.2, -0.15) is 10.4 Å². The highest BCUT2D eigenvalue weighted by Gasteiger charge is 2.38. The molecular formula is C26H20N6O2. The first-order valence-corrected chi connectivity index (χ1v) is 10.8. The number of aryl methyl sites for hydroxylation is 2. The molecule has 1 aliphatic heterocycles. The second kappa shape index (κ2) is 7.39. The third kappa shape index (κ3) is 2.84. The van der Waals surface area contributed by atoms with Crippen molar-refractivity contribution in [2.24, 2.45) is 12.8 Å². The summed E-state index contributed by atoms with van der Waals surface area (Å²) in [4.78, 5) is 4.11. The van der Waals surface area contributed by atoms with E-state index in [4.69, 9.17) is 20.0 Å². The molecule has 8 nitrogen and oxygen atoms in total. The Morgan fingerprint density at radius 3 is 2.62 bits per heavy atom. The molecular weight excluding hydrogens is 428 g/mol. The molecule has 2 aromatic carbocycles. The number of aromatic nitrogens is 4. The molecule has 0 saturated carbocycles. The van der Waals surface area contributed by atoms with Gasteiger partial charge in [-0.05, 0) is 30.7 Å². The van der Waals surface area contributed by atoms with Gasteiger partial charge in [0.05, 0.1) is 17.8 Å². The Kier molecular flexibility index (Phi) is 4.32. The van der Waals surface area contributed by atoms with Gasteiger partial charge in [-0.1, -0.05) is 30.3 Å². The highest BCUT2D eigenvalue weighted by atomic mass is 16.5. The number of para-hydroxylation sites is 1. The van der Waals surface area contributed by atoms with E-state index in [1.54, 1.807) is 24.3 Å². The number of allylic oxidation sites excluding steroid dienone is 1. The number of hydrogen-bond acceptors (Lipinski definition) is 6. The van der Waals surface area contributed by atoms with Gasteiger partial charge in [0.25, 0.3) is 0 Å². The van der Waals surface area contributed by atoms with E-state index in [2.05, 4.69) is 11.1 Å². The minimum absolute atomic E-state index is 0.0783. The van der Waals surface area contributed by atoms with Crippen molar-refractivity contribution in [1.29, 1.82) is 5.26 Å². The molecule has 0 fully saturated rings. The number of ether oxygens (including phenoxy) is 1. The highest BCUT2D eigenvalue weighted by molar-refractivity contribution is 5.88. The topological polar surface area (TPSA) is 108 Å². The lowest BCUT2D eigenvalue weighted by Crippen LogP contribution is -2.21. The molecule has 0 amide bonds. The predicted molar refractivity (Wildman–Crippen MR) is 126 cm³/mol. The van der Waals surface area contributed by atoms with E-state index < -0.39 is 5.92 Å². The molecule has 0 radical (unpaired) electrons. The number of benzene rings is 2. The average Bonchev–Trinajstić information content (AvgIpc) is 3.58. The molecule has 34 heavy (non-hydrogen) atoms. The number of nitrogens with two attached hydrogens (primary N) is 1. The first-order valence-electron chi connectivity index (χ1n) is 10.8. The first kappa shape index (κ1) is 19.9. The second-order valence-electron chi connectivity index (χ2n) is 8.23. The third-order valence-electron chi connectivity index (χ3n) is 6.29. The number of imidazole rings is 1. The van der Waals surface area contributed by atoms with Crippen molar-refractivity contribution in [2.45, 2.75) is 12.8 Å². The van der Waals surface area contributed by atoms with E-state index in [1.165, 1.54) is 0 Å². The normalized spacial score (nSPS) is 15.3. The van der Waals surface area contributed by atoms with Gasteiger partial charge in [-0.15, -0.1) is 0 Å². The van der Waals surface area contributed by atoms with E-state index in [-0.39, 0.29) is 5.88 Å². The Balaban J connectivity index is 1.56. The van der Waals surface area contributed by atoms with Gasteiger partial charge in [-0.25, -0.2) is 9.67 Å². The Hall–Kier alpha value is -4.77. The van der Waals surface area contributed by atoms with Crippen LogP contribution in [0, 0.1) is 18.3 Å². The van der Waals surface area contributed by atoms with Crippen LogP contribution in [0.1, 0.15) is 22.6 Å². The maximum Gasteiger partial charge on any atom is 0.224 e. The molecule has 0 aliphatic carbocycles. The Bertz CT molecular complexity index is 1610. The molecule has 6 rings (SSSR count). The Morgan fingerprint density at radius 2 is 1.91 bits per heavy atom. The minimum Gasteiger partial charge on any atom is -0.454 e. The summed E-state index contributed by atoms with van der Waals surface area (Å²) >= 11 is 0. The summed E-state index contributed by atoms with van der Waals surface area (Å²) in [6.45, 7) is 2.01. The average molecular weight is 448 g/mol. The van der Waals surface area contributed by atoms with Crippen molar-refractivity contribution in [3.8, 4) is 29.1 Å². The van der Waals surface area contributed by atoms with E-state index >= 15 is 0 Å². The molecule has 0 spiro atoms. The van der Waals surface area contributed by atoms with E-state index in [1.807, 2.05) is 66.2 Å². The standard InChI is InChI=1S/C26H20N6O2/c1-15-18-5-3-4-6-20(18)33-24(15)23-22-21(19(13-27)25(28)34-26(22)31(2)30-23)16-7-9-17(10-8-16)32-12-11-29-14-32/h3-12,14,21H,28H2,1-2H3. The monoisotopic (exact) mass is 448 g/mol. The first-order chi connectivity index (χ1) is 16.6. The SMILES string of the molecule is Cc1c(-c2nn(C)c3c2C(c2ccc(-n4ccnc4)cc2)C(C#N)=C(N)O3)oc2ccccc12. The summed E-state index contributed by atoms with van der Waals surface area (Å²) in [5.41, 5.74) is 11.6. The minimum atomic E-state index is -0.457. The molecule has 3 aromatic heterocycles. The van der Waals surface area contributed by atoms with Gasteiger partial charge in [0.2, 0.25) is 11.8 Å². The number of hydrogen-bond donors (Lipinski definition) is 1. The van der Waals surface area contributed by atoms with Crippen LogP contribution in [0.3, 0.4) is 0 Å². The molecule has 1 unspecified atom stereocenters. The van der Waals surface area contributed by atoms with Crippen LogP contribution < -0.4 is 10.5 Å². The molecule has 5 aromatic rings. The second-order valence-corrected chi connectivity index (χ2v) is 8.23. The molecule has 8 heteroatoms. The summed E-state index contributed by atoms with van der Waals surface area (Å²) in [6.07, 6.45) is 5.35. The maximum absolute atomic E-state index is 10.0. The van der Waals surface area contributed by atoms with Gasteiger partial charge < -0.3 is 19.5 Å². The summed E-state index contributed by atoms with van der Waals surface area (Å²) in [7, 11) is 1.80. The Labute approximate surface area is 195 Å². The lowest BCUT2D eigenvalue weighted by atomic mass is 9.83.